The standard InChI is InChI=1S/C15H24N2O/c1-3-12-6-5-7-13(15(12)18)14(4-2)17-10-8-16-9-11-17/h5-7,14,16,18H,3-4,8-11H2,1-2H3/t14-/m0/s1. The Morgan fingerprint density at radius 3 is 2.61 bits per heavy atom. The summed E-state index contributed by atoms with van der Waals surface area (Å²) in [6, 6.07) is 6.51. The van der Waals surface area contributed by atoms with Gasteiger partial charge in [-0.3, -0.25) is 4.90 Å². The average molecular weight is 248 g/mol. The second-order valence-electron chi connectivity index (χ2n) is 4.92. The Hall–Kier alpha value is -1.06. The number of aromatic hydroxyl groups is 1. The van der Waals surface area contributed by atoms with E-state index in [4.69, 9.17) is 0 Å². The van der Waals surface area contributed by atoms with E-state index in [-0.39, 0.29) is 0 Å². The third-order valence-corrected chi connectivity index (χ3v) is 3.87. The van der Waals surface area contributed by atoms with Crippen molar-refractivity contribution in [3.8, 4) is 5.75 Å². The molecule has 100 valence electrons. The highest BCUT2D eigenvalue weighted by atomic mass is 16.3. The van der Waals surface area contributed by atoms with E-state index in [1.54, 1.807) is 0 Å². The summed E-state index contributed by atoms with van der Waals surface area (Å²) in [5, 5.41) is 13.8. The van der Waals surface area contributed by atoms with Gasteiger partial charge in [-0.15, -0.1) is 0 Å². The summed E-state index contributed by atoms with van der Waals surface area (Å²) in [7, 11) is 0. The molecule has 1 fully saturated rings. The number of nitrogens with zero attached hydrogens (tertiary/aromatic N) is 1. The van der Waals surface area contributed by atoms with Gasteiger partial charge < -0.3 is 10.4 Å². The first kappa shape index (κ1) is 13.4. The van der Waals surface area contributed by atoms with E-state index < -0.39 is 0 Å². The number of rotatable bonds is 4. The Kier molecular flexibility index (Phi) is 4.61. The van der Waals surface area contributed by atoms with Gasteiger partial charge in [-0.05, 0) is 18.4 Å². The topological polar surface area (TPSA) is 35.5 Å². The fourth-order valence-electron chi connectivity index (χ4n) is 2.83. The molecule has 0 radical (unpaired) electrons. The minimum Gasteiger partial charge on any atom is -0.507 e. The van der Waals surface area contributed by atoms with Gasteiger partial charge in [0, 0.05) is 37.8 Å². The largest absolute Gasteiger partial charge is 0.507 e. The Bertz CT molecular complexity index is 386. The van der Waals surface area contributed by atoms with E-state index in [0.717, 1.165) is 50.1 Å². The number of hydrogen-bond donors (Lipinski definition) is 2. The van der Waals surface area contributed by atoms with Gasteiger partial charge >= 0.3 is 0 Å². The van der Waals surface area contributed by atoms with Gasteiger partial charge in [0.25, 0.3) is 0 Å². The van der Waals surface area contributed by atoms with Gasteiger partial charge in [-0.1, -0.05) is 32.0 Å². The lowest BCUT2D eigenvalue weighted by Gasteiger charge is -2.35. The van der Waals surface area contributed by atoms with Crippen molar-refractivity contribution in [2.24, 2.45) is 0 Å². The zero-order chi connectivity index (χ0) is 13.0. The van der Waals surface area contributed by atoms with Crippen LogP contribution in [0, 0.1) is 0 Å². The highest BCUT2D eigenvalue weighted by Gasteiger charge is 2.23. The summed E-state index contributed by atoms with van der Waals surface area (Å²) in [6.07, 6.45) is 1.93. The monoisotopic (exact) mass is 248 g/mol. The van der Waals surface area contributed by atoms with E-state index >= 15 is 0 Å². The lowest BCUT2D eigenvalue weighted by Crippen LogP contribution is -2.45. The van der Waals surface area contributed by atoms with Crippen molar-refractivity contribution < 1.29 is 5.11 Å². The molecule has 18 heavy (non-hydrogen) atoms. The van der Waals surface area contributed by atoms with Crippen LogP contribution in [0.15, 0.2) is 18.2 Å². The number of hydrogen-bond acceptors (Lipinski definition) is 3. The summed E-state index contributed by atoms with van der Waals surface area (Å²) < 4.78 is 0. The Morgan fingerprint density at radius 1 is 1.28 bits per heavy atom. The van der Waals surface area contributed by atoms with Gasteiger partial charge in [0.15, 0.2) is 0 Å². The summed E-state index contributed by atoms with van der Waals surface area (Å²) in [5.74, 6) is 0.505. The molecule has 1 aromatic rings. The van der Waals surface area contributed by atoms with Crippen LogP contribution in [0.2, 0.25) is 0 Å². The molecule has 2 N–H and O–H groups in total. The molecule has 0 saturated carbocycles. The maximum atomic E-state index is 10.4. The fraction of sp³-hybridized carbons (Fsp3) is 0.600. The summed E-state index contributed by atoms with van der Waals surface area (Å²) in [4.78, 5) is 2.48. The van der Waals surface area contributed by atoms with Gasteiger partial charge in [0.2, 0.25) is 0 Å². The molecule has 1 saturated heterocycles. The first-order valence-electron chi connectivity index (χ1n) is 7.03. The van der Waals surface area contributed by atoms with Crippen molar-refractivity contribution in [2.75, 3.05) is 26.2 Å². The molecule has 1 heterocycles. The Labute approximate surface area is 110 Å². The van der Waals surface area contributed by atoms with E-state index in [1.807, 2.05) is 6.07 Å². The molecule has 0 spiro atoms. The van der Waals surface area contributed by atoms with Gasteiger partial charge in [0.05, 0.1) is 0 Å². The van der Waals surface area contributed by atoms with Crippen molar-refractivity contribution in [2.45, 2.75) is 32.7 Å². The maximum absolute atomic E-state index is 10.4. The van der Waals surface area contributed by atoms with Crippen molar-refractivity contribution in [1.29, 1.82) is 0 Å². The van der Waals surface area contributed by atoms with Crippen LogP contribution < -0.4 is 5.32 Å². The van der Waals surface area contributed by atoms with Crippen molar-refractivity contribution in [1.82, 2.24) is 10.2 Å². The highest BCUT2D eigenvalue weighted by Crippen LogP contribution is 2.33. The van der Waals surface area contributed by atoms with Crippen LogP contribution in [0.4, 0.5) is 0 Å². The molecule has 1 aliphatic rings. The summed E-state index contributed by atoms with van der Waals surface area (Å²) in [5.41, 5.74) is 2.15. The first-order valence-corrected chi connectivity index (χ1v) is 7.03. The molecular weight excluding hydrogens is 224 g/mol. The van der Waals surface area contributed by atoms with Crippen molar-refractivity contribution in [3.63, 3.8) is 0 Å². The van der Waals surface area contributed by atoms with Gasteiger partial charge in [0.1, 0.15) is 5.75 Å². The van der Waals surface area contributed by atoms with Crippen LogP contribution >= 0.6 is 0 Å². The number of piperazine rings is 1. The zero-order valence-electron chi connectivity index (χ0n) is 11.4. The summed E-state index contributed by atoms with van der Waals surface area (Å²) in [6.45, 7) is 8.51. The molecule has 0 aromatic heterocycles. The van der Waals surface area contributed by atoms with Gasteiger partial charge in [-0.2, -0.15) is 0 Å². The second kappa shape index (κ2) is 6.21. The van der Waals surface area contributed by atoms with Crippen molar-refractivity contribution in [3.05, 3.63) is 29.3 Å². The molecule has 1 aliphatic heterocycles. The average Bonchev–Trinajstić information content (AvgIpc) is 2.43. The normalized spacial score (nSPS) is 18.8. The molecule has 1 aromatic carbocycles. The number of nitrogens with one attached hydrogen (secondary N) is 1. The number of benzene rings is 1. The van der Waals surface area contributed by atoms with Crippen LogP contribution in [0.25, 0.3) is 0 Å². The van der Waals surface area contributed by atoms with E-state index in [0.29, 0.717) is 11.8 Å². The predicted molar refractivity (Wildman–Crippen MR) is 75.0 cm³/mol. The van der Waals surface area contributed by atoms with E-state index in [9.17, 15) is 5.11 Å². The van der Waals surface area contributed by atoms with Crippen LogP contribution in [-0.4, -0.2) is 36.2 Å². The molecule has 0 bridgehead atoms. The third-order valence-electron chi connectivity index (χ3n) is 3.87. The van der Waals surface area contributed by atoms with Crippen LogP contribution in [0.5, 0.6) is 5.75 Å². The first-order chi connectivity index (χ1) is 8.77. The van der Waals surface area contributed by atoms with Crippen LogP contribution in [-0.2, 0) is 6.42 Å². The number of aryl methyl sites for hydroxylation is 1. The zero-order valence-corrected chi connectivity index (χ0v) is 11.4. The number of phenols is 1. The minimum atomic E-state index is 0.346. The molecule has 3 nitrogen and oxygen atoms in total. The number of phenolic OH excluding ortho intramolecular Hbond substituents is 1. The molecule has 2 rings (SSSR count). The molecule has 3 heteroatoms. The Balaban J connectivity index is 2.26. The summed E-state index contributed by atoms with van der Waals surface area (Å²) >= 11 is 0. The van der Waals surface area contributed by atoms with E-state index in [1.165, 1.54) is 0 Å². The van der Waals surface area contributed by atoms with Gasteiger partial charge in [-0.25, -0.2) is 0 Å². The quantitative estimate of drug-likeness (QED) is 0.858. The predicted octanol–water partition coefficient (Wildman–Crippen LogP) is 2.31. The van der Waals surface area contributed by atoms with Crippen LogP contribution in [0.1, 0.15) is 37.4 Å². The lowest BCUT2D eigenvalue weighted by molar-refractivity contribution is 0.166. The lowest BCUT2D eigenvalue weighted by atomic mass is 9.97. The second-order valence-corrected chi connectivity index (χ2v) is 4.92. The minimum absolute atomic E-state index is 0.346. The molecular formula is C15H24N2O. The SMILES string of the molecule is CCc1cccc([C@H](CC)N2CCNCC2)c1O. The maximum Gasteiger partial charge on any atom is 0.123 e. The highest BCUT2D eigenvalue weighted by molar-refractivity contribution is 5.42. The molecule has 0 aliphatic carbocycles. The molecule has 0 amide bonds. The number of para-hydroxylation sites is 1. The van der Waals surface area contributed by atoms with E-state index in [2.05, 4.69) is 36.2 Å². The molecule has 1 atom stereocenters. The molecule has 0 unspecified atom stereocenters. The smallest absolute Gasteiger partial charge is 0.123 e. The third kappa shape index (κ3) is 2.68. The Morgan fingerprint density at radius 2 is 2.00 bits per heavy atom. The van der Waals surface area contributed by atoms with Crippen molar-refractivity contribution >= 4 is 0 Å². The van der Waals surface area contributed by atoms with Crippen LogP contribution in [0.3, 0.4) is 0 Å². The fourth-order valence-corrected chi connectivity index (χ4v) is 2.83.